The van der Waals surface area contributed by atoms with Crippen molar-refractivity contribution in [2.45, 2.75) is 19.4 Å². The summed E-state index contributed by atoms with van der Waals surface area (Å²) in [7, 11) is 0. The molecule has 5 nitrogen and oxygen atoms in total. The van der Waals surface area contributed by atoms with E-state index in [1.807, 2.05) is 72.8 Å². The van der Waals surface area contributed by atoms with E-state index in [0.29, 0.717) is 13.2 Å². The maximum atomic E-state index is 12.3. The second kappa shape index (κ2) is 11.6. The zero-order valence-corrected chi connectivity index (χ0v) is 17.2. The molecule has 0 saturated carbocycles. The van der Waals surface area contributed by atoms with Crippen LogP contribution in [0, 0.1) is 0 Å². The largest absolute Gasteiger partial charge is 0.490 e. The molecule has 3 rings (SSSR count). The van der Waals surface area contributed by atoms with Gasteiger partial charge in [-0.1, -0.05) is 55.5 Å². The quantitative estimate of drug-likeness (QED) is 0.450. The molecular weight excluding hydrogens is 376 g/mol. The third-order valence-electron chi connectivity index (χ3n) is 4.62. The predicted octanol–water partition coefficient (Wildman–Crippen LogP) is 4.82. The topological polar surface area (TPSA) is 59.6 Å². The Kier molecular flexibility index (Phi) is 8.30. The smallest absolute Gasteiger partial charge is 0.238 e. The molecule has 156 valence electrons. The number of nitrogens with one attached hydrogen (secondary N) is 2. The van der Waals surface area contributed by atoms with Crippen molar-refractivity contribution in [3.63, 3.8) is 0 Å². The van der Waals surface area contributed by atoms with Crippen molar-refractivity contribution in [1.29, 1.82) is 0 Å². The fourth-order valence-corrected chi connectivity index (χ4v) is 3.07. The summed E-state index contributed by atoms with van der Waals surface area (Å²) >= 11 is 0. The fourth-order valence-electron chi connectivity index (χ4n) is 3.07. The van der Waals surface area contributed by atoms with Crippen molar-refractivity contribution in [3.8, 4) is 11.5 Å². The van der Waals surface area contributed by atoms with E-state index in [9.17, 15) is 4.79 Å². The van der Waals surface area contributed by atoms with Gasteiger partial charge in [0.25, 0.3) is 0 Å². The SMILES string of the molecule is CCC(NCC(=O)Nc1ccc(OCCOc2ccccc2)cc1)c1ccccc1. The van der Waals surface area contributed by atoms with Crippen molar-refractivity contribution in [3.05, 3.63) is 90.5 Å². The highest BCUT2D eigenvalue weighted by atomic mass is 16.5. The van der Waals surface area contributed by atoms with Gasteiger partial charge < -0.3 is 20.1 Å². The van der Waals surface area contributed by atoms with Crippen LogP contribution in [0.1, 0.15) is 24.9 Å². The van der Waals surface area contributed by atoms with E-state index in [0.717, 1.165) is 23.6 Å². The summed E-state index contributed by atoms with van der Waals surface area (Å²) in [5.41, 5.74) is 1.92. The molecule has 0 aliphatic heterocycles. The van der Waals surface area contributed by atoms with E-state index < -0.39 is 0 Å². The highest BCUT2D eigenvalue weighted by molar-refractivity contribution is 5.92. The third kappa shape index (κ3) is 6.94. The first-order chi connectivity index (χ1) is 14.7. The number of carbonyl (C=O) groups is 1. The standard InChI is InChI=1S/C25H28N2O3/c1-2-24(20-9-5-3-6-10-20)26-19-25(28)27-21-13-15-23(16-14-21)30-18-17-29-22-11-7-4-8-12-22/h3-16,24,26H,2,17-19H2,1H3,(H,27,28). The molecule has 0 radical (unpaired) electrons. The van der Waals surface area contributed by atoms with Crippen molar-refractivity contribution in [2.24, 2.45) is 0 Å². The molecule has 1 unspecified atom stereocenters. The molecule has 3 aromatic carbocycles. The van der Waals surface area contributed by atoms with Crippen molar-refractivity contribution >= 4 is 11.6 Å². The van der Waals surface area contributed by atoms with Gasteiger partial charge in [0.1, 0.15) is 24.7 Å². The van der Waals surface area contributed by atoms with Crippen LogP contribution in [0.15, 0.2) is 84.9 Å². The van der Waals surface area contributed by atoms with E-state index in [1.54, 1.807) is 0 Å². The van der Waals surface area contributed by atoms with Gasteiger partial charge in [0, 0.05) is 11.7 Å². The Bertz CT molecular complexity index is 883. The monoisotopic (exact) mass is 404 g/mol. The lowest BCUT2D eigenvalue weighted by Crippen LogP contribution is -2.31. The Morgan fingerprint density at radius 2 is 1.37 bits per heavy atom. The molecule has 0 aliphatic rings. The van der Waals surface area contributed by atoms with E-state index in [2.05, 4.69) is 29.7 Å². The Hall–Kier alpha value is -3.31. The van der Waals surface area contributed by atoms with Crippen LogP contribution < -0.4 is 20.1 Å². The summed E-state index contributed by atoms with van der Waals surface area (Å²) < 4.78 is 11.3. The molecule has 1 atom stereocenters. The number of anilines is 1. The van der Waals surface area contributed by atoms with Gasteiger partial charge in [0.2, 0.25) is 5.91 Å². The van der Waals surface area contributed by atoms with E-state index in [1.165, 1.54) is 5.56 Å². The van der Waals surface area contributed by atoms with Crippen LogP contribution in [0.5, 0.6) is 11.5 Å². The minimum absolute atomic E-state index is 0.0747. The minimum atomic E-state index is -0.0747. The maximum Gasteiger partial charge on any atom is 0.238 e. The lowest BCUT2D eigenvalue weighted by Gasteiger charge is -2.17. The zero-order chi connectivity index (χ0) is 21.0. The molecule has 0 saturated heterocycles. The summed E-state index contributed by atoms with van der Waals surface area (Å²) in [6.45, 7) is 3.27. The maximum absolute atomic E-state index is 12.3. The number of para-hydroxylation sites is 1. The van der Waals surface area contributed by atoms with Crippen LogP contribution in [-0.4, -0.2) is 25.7 Å². The lowest BCUT2D eigenvalue weighted by atomic mass is 10.0. The molecule has 0 heterocycles. The molecule has 1 amide bonds. The molecule has 5 heteroatoms. The average molecular weight is 405 g/mol. The Balaban J connectivity index is 1.38. The van der Waals surface area contributed by atoms with Crippen molar-refractivity contribution in [2.75, 3.05) is 25.1 Å². The number of ether oxygens (including phenoxy) is 2. The summed E-state index contributed by atoms with van der Waals surface area (Å²) in [5, 5.41) is 6.22. The second-order valence-electron chi connectivity index (χ2n) is 6.83. The number of amides is 1. The summed E-state index contributed by atoms with van der Waals surface area (Å²) in [6.07, 6.45) is 0.914. The van der Waals surface area contributed by atoms with Crippen LogP contribution in [-0.2, 0) is 4.79 Å². The molecule has 0 bridgehead atoms. The molecule has 0 spiro atoms. The van der Waals surface area contributed by atoms with Gasteiger partial charge in [-0.15, -0.1) is 0 Å². The van der Waals surface area contributed by atoms with Gasteiger partial charge in [-0.05, 0) is 48.4 Å². The number of carbonyl (C=O) groups excluding carboxylic acids is 1. The first kappa shape index (κ1) is 21.4. The summed E-state index contributed by atoms with van der Waals surface area (Å²) in [4.78, 5) is 12.3. The number of hydrogen-bond donors (Lipinski definition) is 2. The van der Waals surface area contributed by atoms with Gasteiger partial charge in [-0.2, -0.15) is 0 Å². The Morgan fingerprint density at radius 1 is 0.800 bits per heavy atom. The van der Waals surface area contributed by atoms with E-state index in [4.69, 9.17) is 9.47 Å². The number of benzene rings is 3. The molecule has 2 N–H and O–H groups in total. The molecule has 30 heavy (non-hydrogen) atoms. The van der Waals surface area contributed by atoms with Crippen LogP contribution in [0.2, 0.25) is 0 Å². The van der Waals surface area contributed by atoms with Crippen molar-refractivity contribution < 1.29 is 14.3 Å². The van der Waals surface area contributed by atoms with Gasteiger partial charge in [-0.25, -0.2) is 0 Å². The zero-order valence-electron chi connectivity index (χ0n) is 17.2. The third-order valence-corrected chi connectivity index (χ3v) is 4.62. The first-order valence-electron chi connectivity index (χ1n) is 10.2. The number of rotatable bonds is 11. The first-order valence-corrected chi connectivity index (χ1v) is 10.2. The second-order valence-corrected chi connectivity index (χ2v) is 6.83. The van der Waals surface area contributed by atoms with Crippen LogP contribution in [0.3, 0.4) is 0 Å². The van der Waals surface area contributed by atoms with Crippen LogP contribution >= 0.6 is 0 Å². The minimum Gasteiger partial charge on any atom is -0.490 e. The van der Waals surface area contributed by atoms with Crippen molar-refractivity contribution in [1.82, 2.24) is 5.32 Å². The Labute approximate surface area is 178 Å². The van der Waals surface area contributed by atoms with Gasteiger partial charge >= 0.3 is 0 Å². The van der Waals surface area contributed by atoms with E-state index in [-0.39, 0.29) is 18.5 Å². The number of hydrogen-bond acceptors (Lipinski definition) is 4. The highest BCUT2D eigenvalue weighted by Crippen LogP contribution is 2.17. The van der Waals surface area contributed by atoms with Gasteiger partial charge in [0.05, 0.1) is 6.54 Å². The lowest BCUT2D eigenvalue weighted by molar-refractivity contribution is -0.115. The highest BCUT2D eigenvalue weighted by Gasteiger charge is 2.10. The predicted molar refractivity (Wildman–Crippen MR) is 120 cm³/mol. The molecular formula is C25H28N2O3. The van der Waals surface area contributed by atoms with E-state index >= 15 is 0 Å². The Morgan fingerprint density at radius 3 is 1.97 bits per heavy atom. The molecule has 3 aromatic rings. The fraction of sp³-hybridized carbons (Fsp3) is 0.240. The summed E-state index contributed by atoms with van der Waals surface area (Å²) in [6, 6.07) is 27.3. The normalized spacial score (nSPS) is 11.5. The van der Waals surface area contributed by atoms with Crippen LogP contribution in [0.25, 0.3) is 0 Å². The van der Waals surface area contributed by atoms with Gasteiger partial charge in [-0.3, -0.25) is 4.79 Å². The average Bonchev–Trinajstić information content (AvgIpc) is 2.80. The van der Waals surface area contributed by atoms with Crippen LogP contribution in [0.4, 0.5) is 5.69 Å². The molecule has 0 aliphatic carbocycles. The molecule has 0 aromatic heterocycles. The molecule has 0 fully saturated rings. The van der Waals surface area contributed by atoms with Gasteiger partial charge in [0.15, 0.2) is 0 Å². The summed E-state index contributed by atoms with van der Waals surface area (Å²) in [5.74, 6) is 1.48.